The summed E-state index contributed by atoms with van der Waals surface area (Å²) in [7, 11) is 0. The molecule has 1 aliphatic rings. The molecule has 0 unspecified atom stereocenters. The van der Waals surface area contributed by atoms with Crippen molar-refractivity contribution >= 4 is 17.5 Å². The molecule has 0 fully saturated rings. The van der Waals surface area contributed by atoms with Gasteiger partial charge in [-0.3, -0.25) is 9.59 Å². The predicted octanol–water partition coefficient (Wildman–Crippen LogP) is 0.998. The van der Waals surface area contributed by atoms with Crippen LogP contribution in [0.3, 0.4) is 0 Å². The van der Waals surface area contributed by atoms with Crippen LogP contribution in [-0.2, 0) is 16.0 Å². The average Bonchev–Trinajstić information content (AvgIpc) is 3.32. The van der Waals surface area contributed by atoms with E-state index in [4.69, 9.17) is 9.52 Å². The molecule has 2 heterocycles. The fraction of sp³-hybridized carbons (Fsp3) is 0.368. The van der Waals surface area contributed by atoms with Crippen molar-refractivity contribution in [2.75, 3.05) is 31.1 Å². The maximum absolute atomic E-state index is 12.0. The van der Waals surface area contributed by atoms with Crippen molar-refractivity contribution in [2.45, 2.75) is 18.9 Å². The van der Waals surface area contributed by atoms with Crippen LogP contribution in [0.5, 0.6) is 0 Å². The maximum Gasteiger partial charge on any atom is 0.309 e. The van der Waals surface area contributed by atoms with Gasteiger partial charge in [0.2, 0.25) is 0 Å². The van der Waals surface area contributed by atoms with E-state index in [0.29, 0.717) is 6.42 Å². The lowest BCUT2D eigenvalue weighted by Gasteiger charge is -2.29. The second-order valence-corrected chi connectivity index (χ2v) is 6.15. The van der Waals surface area contributed by atoms with E-state index in [1.807, 2.05) is 24.3 Å². The second-order valence-electron chi connectivity index (χ2n) is 6.15. The predicted molar refractivity (Wildman–Crippen MR) is 96.7 cm³/mol. The Morgan fingerprint density at radius 2 is 1.96 bits per heavy atom. The lowest BCUT2D eigenvalue weighted by molar-refractivity contribution is -0.139. The van der Waals surface area contributed by atoms with Gasteiger partial charge in [0, 0.05) is 31.9 Å². The number of amides is 2. The third-order valence-corrected chi connectivity index (χ3v) is 4.45. The molecular weight excluding hydrogens is 334 g/mol. The van der Waals surface area contributed by atoms with E-state index in [9.17, 15) is 9.59 Å². The number of anilines is 1. The molecule has 3 rings (SSSR count). The first-order valence-corrected chi connectivity index (χ1v) is 8.75. The number of fused-ring (bicyclic) bond motifs is 1. The zero-order valence-electron chi connectivity index (χ0n) is 14.5. The second kappa shape index (κ2) is 8.53. The van der Waals surface area contributed by atoms with Crippen molar-refractivity contribution in [3.05, 3.63) is 54.0 Å². The van der Waals surface area contributed by atoms with Crippen molar-refractivity contribution in [2.24, 2.45) is 0 Å². The molecule has 1 aliphatic heterocycles. The molecule has 0 bridgehead atoms. The minimum absolute atomic E-state index is 0.0309. The SMILES string of the molecule is O=C(NCCCO)C(=O)NC[C@H](c1ccco1)N1CCc2ccccc21. The minimum Gasteiger partial charge on any atom is -0.467 e. The molecule has 7 heteroatoms. The maximum atomic E-state index is 12.0. The van der Waals surface area contributed by atoms with E-state index >= 15 is 0 Å². The van der Waals surface area contributed by atoms with Gasteiger partial charge in [-0.05, 0) is 36.6 Å². The first-order valence-electron chi connectivity index (χ1n) is 8.75. The van der Waals surface area contributed by atoms with E-state index in [1.165, 1.54) is 5.56 Å². The Labute approximate surface area is 152 Å². The molecule has 0 saturated heterocycles. The molecule has 0 aliphatic carbocycles. The zero-order valence-corrected chi connectivity index (χ0v) is 14.5. The summed E-state index contributed by atoms with van der Waals surface area (Å²) >= 11 is 0. The number of benzene rings is 1. The fourth-order valence-electron chi connectivity index (χ4n) is 3.16. The molecule has 0 spiro atoms. The number of para-hydroxylation sites is 1. The molecule has 1 aromatic carbocycles. The van der Waals surface area contributed by atoms with Gasteiger partial charge in [-0.1, -0.05) is 18.2 Å². The smallest absolute Gasteiger partial charge is 0.309 e. The quantitative estimate of drug-likeness (QED) is 0.508. The van der Waals surface area contributed by atoms with Crippen molar-refractivity contribution in [1.29, 1.82) is 0 Å². The van der Waals surface area contributed by atoms with E-state index in [0.717, 1.165) is 24.4 Å². The summed E-state index contributed by atoms with van der Waals surface area (Å²) in [6, 6.07) is 11.7. The Hall–Kier alpha value is -2.80. The van der Waals surface area contributed by atoms with E-state index in [-0.39, 0.29) is 25.7 Å². The van der Waals surface area contributed by atoms with Gasteiger partial charge in [0.15, 0.2) is 0 Å². The first-order chi connectivity index (χ1) is 12.7. The number of furan rings is 1. The Balaban J connectivity index is 1.67. The van der Waals surface area contributed by atoms with Crippen molar-refractivity contribution in [3.63, 3.8) is 0 Å². The molecule has 138 valence electrons. The van der Waals surface area contributed by atoms with Crippen LogP contribution in [0.25, 0.3) is 0 Å². The number of rotatable bonds is 7. The number of nitrogens with zero attached hydrogens (tertiary/aromatic N) is 1. The zero-order chi connectivity index (χ0) is 18.4. The summed E-state index contributed by atoms with van der Waals surface area (Å²) in [5, 5.41) is 13.9. The van der Waals surface area contributed by atoms with Gasteiger partial charge in [-0.15, -0.1) is 0 Å². The number of carbonyl (C=O) groups excluding carboxylic acids is 2. The van der Waals surface area contributed by atoms with Crippen molar-refractivity contribution in [3.8, 4) is 0 Å². The van der Waals surface area contributed by atoms with Crippen molar-refractivity contribution in [1.82, 2.24) is 10.6 Å². The summed E-state index contributed by atoms with van der Waals surface area (Å²) in [6.45, 7) is 1.32. The lowest BCUT2D eigenvalue weighted by Crippen LogP contribution is -2.44. The van der Waals surface area contributed by atoms with Crippen LogP contribution in [0.2, 0.25) is 0 Å². The van der Waals surface area contributed by atoms with E-state index < -0.39 is 11.8 Å². The molecule has 0 radical (unpaired) electrons. The van der Waals surface area contributed by atoms with Gasteiger partial charge in [-0.25, -0.2) is 0 Å². The van der Waals surface area contributed by atoms with Crippen LogP contribution in [0, 0.1) is 0 Å². The van der Waals surface area contributed by atoms with Gasteiger partial charge in [-0.2, -0.15) is 0 Å². The lowest BCUT2D eigenvalue weighted by atomic mass is 10.1. The van der Waals surface area contributed by atoms with Gasteiger partial charge in [0.1, 0.15) is 11.8 Å². The molecule has 1 atom stereocenters. The van der Waals surface area contributed by atoms with Gasteiger partial charge in [0.25, 0.3) is 0 Å². The number of aliphatic hydroxyl groups excluding tert-OH is 1. The largest absolute Gasteiger partial charge is 0.467 e. The normalized spacial score (nSPS) is 14.0. The van der Waals surface area contributed by atoms with Crippen LogP contribution in [0.15, 0.2) is 47.1 Å². The van der Waals surface area contributed by atoms with Crippen LogP contribution >= 0.6 is 0 Å². The fourth-order valence-corrected chi connectivity index (χ4v) is 3.16. The van der Waals surface area contributed by atoms with Crippen molar-refractivity contribution < 1.29 is 19.1 Å². The highest BCUT2D eigenvalue weighted by atomic mass is 16.3. The van der Waals surface area contributed by atoms with E-state index in [2.05, 4.69) is 27.7 Å². The topological polar surface area (TPSA) is 94.8 Å². The highest BCUT2D eigenvalue weighted by molar-refractivity contribution is 6.35. The Morgan fingerprint density at radius 3 is 2.73 bits per heavy atom. The van der Waals surface area contributed by atoms with Crippen LogP contribution in [-0.4, -0.2) is 43.2 Å². The molecule has 1 aromatic heterocycles. The standard InChI is InChI=1S/C19H23N3O4/c23-11-4-9-20-18(24)19(25)21-13-16(17-7-3-12-26-17)22-10-8-14-5-1-2-6-15(14)22/h1-3,5-7,12,16,23H,4,8-11,13H2,(H,20,24)(H,21,25)/t16-/m1/s1. The Morgan fingerprint density at radius 1 is 1.15 bits per heavy atom. The van der Waals surface area contributed by atoms with E-state index in [1.54, 1.807) is 6.26 Å². The van der Waals surface area contributed by atoms with Gasteiger partial charge < -0.3 is 25.1 Å². The van der Waals surface area contributed by atoms with Gasteiger partial charge >= 0.3 is 11.8 Å². The number of hydrogen-bond donors (Lipinski definition) is 3. The average molecular weight is 357 g/mol. The van der Waals surface area contributed by atoms with Crippen LogP contribution in [0.1, 0.15) is 23.8 Å². The summed E-state index contributed by atoms with van der Waals surface area (Å²) in [5.41, 5.74) is 2.38. The highest BCUT2D eigenvalue weighted by Gasteiger charge is 2.29. The Bertz CT molecular complexity index is 745. The molecule has 26 heavy (non-hydrogen) atoms. The Kier molecular flexibility index (Phi) is 5.91. The molecule has 2 aromatic rings. The minimum atomic E-state index is -0.696. The highest BCUT2D eigenvalue weighted by Crippen LogP contribution is 2.34. The third-order valence-electron chi connectivity index (χ3n) is 4.45. The first kappa shape index (κ1) is 18.0. The number of carbonyl (C=O) groups is 2. The molecule has 2 amide bonds. The third kappa shape index (κ3) is 4.05. The van der Waals surface area contributed by atoms with Crippen LogP contribution < -0.4 is 15.5 Å². The summed E-state index contributed by atoms with van der Waals surface area (Å²) in [6.07, 6.45) is 2.95. The monoisotopic (exact) mass is 357 g/mol. The number of hydrogen-bond acceptors (Lipinski definition) is 5. The summed E-state index contributed by atoms with van der Waals surface area (Å²) < 4.78 is 5.57. The summed E-state index contributed by atoms with van der Waals surface area (Å²) in [5.74, 6) is -0.645. The number of nitrogens with one attached hydrogen (secondary N) is 2. The summed E-state index contributed by atoms with van der Waals surface area (Å²) in [4.78, 5) is 26.0. The molecule has 3 N–H and O–H groups in total. The molecule has 7 nitrogen and oxygen atoms in total. The molecular formula is C19H23N3O4. The number of aliphatic hydroxyl groups is 1. The van der Waals surface area contributed by atoms with Gasteiger partial charge in [0.05, 0.1) is 6.26 Å². The molecule has 0 saturated carbocycles. The van der Waals surface area contributed by atoms with Crippen LogP contribution in [0.4, 0.5) is 5.69 Å².